The molecule has 2 aromatic heterocycles. The van der Waals surface area contributed by atoms with Crippen LogP contribution in [0.2, 0.25) is 0 Å². The first-order chi connectivity index (χ1) is 13.4. The minimum absolute atomic E-state index is 0.0667. The second-order valence-electron chi connectivity index (χ2n) is 6.05. The van der Waals surface area contributed by atoms with Crippen LogP contribution < -0.4 is 4.74 Å². The molecule has 0 spiro atoms. The van der Waals surface area contributed by atoms with E-state index >= 15 is 0 Å². The molecule has 0 aliphatic carbocycles. The number of rotatable bonds is 4. The normalized spacial score (nSPS) is 11.7. The van der Waals surface area contributed by atoms with Gasteiger partial charge in [-0.3, -0.25) is 0 Å². The molecule has 0 atom stereocenters. The van der Waals surface area contributed by atoms with Gasteiger partial charge in [-0.15, -0.1) is 0 Å². The molecule has 4 aromatic rings. The molecule has 0 amide bonds. The molecule has 9 heteroatoms. The third-order valence-corrected chi connectivity index (χ3v) is 5.16. The number of nitrogens with zero attached hydrogens (tertiary/aromatic N) is 4. The highest BCUT2D eigenvalue weighted by Crippen LogP contribution is 2.27. The molecule has 2 heterocycles. The minimum Gasteiger partial charge on any atom is -0.497 e. The highest BCUT2D eigenvalue weighted by molar-refractivity contribution is 7.90. The van der Waals surface area contributed by atoms with Crippen molar-refractivity contribution in [1.29, 1.82) is 0 Å². The molecule has 0 saturated carbocycles. The summed E-state index contributed by atoms with van der Waals surface area (Å²) in [5, 5.41) is 4.55. The zero-order valence-electron chi connectivity index (χ0n) is 14.9. The van der Waals surface area contributed by atoms with Gasteiger partial charge < -0.3 is 4.74 Å². The highest BCUT2D eigenvalue weighted by Gasteiger charge is 2.20. The van der Waals surface area contributed by atoms with E-state index in [4.69, 9.17) is 4.74 Å². The fourth-order valence-corrected chi connectivity index (χ4v) is 3.63. The fourth-order valence-electron chi connectivity index (χ4n) is 2.82. The van der Waals surface area contributed by atoms with E-state index in [2.05, 4.69) is 21.1 Å². The summed E-state index contributed by atoms with van der Waals surface area (Å²) in [6, 6.07) is 12.1. The van der Waals surface area contributed by atoms with Gasteiger partial charge in [0.05, 0.1) is 12.6 Å². The molecule has 4 rings (SSSR count). The lowest BCUT2D eigenvalue weighted by Gasteiger charge is -2.07. The summed E-state index contributed by atoms with van der Waals surface area (Å²) in [4.78, 5) is 8.48. The summed E-state index contributed by atoms with van der Waals surface area (Å²) in [5.74, 6) is 0.231. The van der Waals surface area contributed by atoms with Gasteiger partial charge in [0, 0.05) is 35.2 Å². The van der Waals surface area contributed by atoms with Gasteiger partial charge in [-0.05, 0) is 36.4 Å². The van der Waals surface area contributed by atoms with E-state index in [0.717, 1.165) is 6.26 Å². The van der Waals surface area contributed by atoms with E-state index in [1.807, 2.05) is 0 Å². The summed E-state index contributed by atoms with van der Waals surface area (Å²) < 4.78 is 44.7. The molecule has 1 radical (unpaired) electrons. The van der Waals surface area contributed by atoms with Gasteiger partial charge in [0.15, 0.2) is 14.9 Å². The number of aromatic nitrogens is 4. The third kappa shape index (κ3) is 3.09. The van der Waals surface area contributed by atoms with Crippen LogP contribution in [0.15, 0.2) is 53.8 Å². The maximum Gasteiger partial charge on any atom is 0.251 e. The maximum atomic E-state index is 14.2. The third-order valence-electron chi connectivity index (χ3n) is 4.16. The average molecular weight is 397 g/mol. The smallest absolute Gasteiger partial charge is 0.251 e. The standard InChI is InChI=1S/C19H14FN4O3S/c1-27-13-7-8-16(20)15(9-13)12-10-21-19(22-11-12)24-17-6-4-3-5-14(17)18(23-24)28(2,25)26/h3,5-11H,1-2H3. The van der Waals surface area contributed by atoms with Crippen LogP contribution in [0.3, 0.4) is 0 Å². The highest BCUT2D eigenvalue weighted by atomic mass is 32.2. The van der Waals surface area contributed by atoms with Crippen LogP contribution >= 0.6 is 0 Å². The average Bonchev–Trinajstić information content (AvgIpc) is 3.09. The number of benzene rings is 2. The van der Waals surface area contributed by atoms with Crippen molar-refractivity contribution in [2.45, 2.75) is 5.03 Å². The van der Waals surface area contributed by atoms with Gasteiger partial charge in [-0.25, -0.2) is 22.8 Å². The van der Waals surface area contributed by atoms with Crippen molar-refractivity contribution in [3.8, 4) is 22.8 Å². The Morgan fingerprint density at radius 2 is 1.93 bits per heavy atom. The summed E-state index contributed by atoms with van der Waals surface area (Å²) >= 11 is 0. The number of hydrogen-bond donors (Lipinski definition) is 0. The summed E-state index contributed by atoms with van der Waals surface area (Å²) in [7, 11) is -2.05. The van der Waals surface area contributed by atoms with Crippen LogP contribution in [0.25, 0.3) is 28.0 Å². The van der Waals surface area contributed by atoms with E-state index in [-0.39, 0.29) is 11.0 Å². The number of ether oxygens (including phenoxy) is 1. The predicted octanol–water partition coefficient (Wildman–Crippen LogP) is 2.83. The molecule has 0 N–H and O–H groups in total. The quantitative estimate of drug-likeness (QED) is 0.526. The van der Waals surface area contributed by atoms with Crippen molar-refractivity contribution in [1.82, 2.24) is 19.7 Å². The van der Waals surface area contributed by atoms with Gasteiger partial charge in [-0.2, -0.15) is 9.78 Å². The Bertz CT molecular complexity index is 1280. The van der Waals surface area contributed by atoms with Gasteiger partial charge in [0.1, 0.15) is 11.6 Å². The van der Waals surface area contributed by atoms with Crippen molar-refractivity contribution in [3.63, 3.8) is 0 Å². The van der Waals surface area contributed by atoms with Crippen molar-refractivity contribution < 1.29 is 17.5 Å². The Morgan fingerprint density at radius 1 is 1.18 bits per heavy atom. The van der Waals surface area contributed by atoms with E-state index in [1.165, 1.54) is 36.3 Å². The monoisotopic (exact) mass is 397 g/mol. The van der Waals surface area contributed by atoms with Crippen LogP contribution in [0.4, 0.5) is 4.39 Å². The molecular weight excluding hydrogens is 383 g/mol. The second-order valence-corrected chi connectivity index (χ2v) is 7.98. The number of fused-ring (bicyclic) bond motifs is 1. The number of halogens is 1. The second kappa shape index (κ2) is 6.68. The molecule has 0 saturated heterocycles. The lowest BCUT2D eigenvalue weighted by Crippen LogP contribution is -2.05. The summed E-state index contributed by atoms with van der Waals surface area (Å²) in [5.41, 5.74) is 1.25. The first-order valence-corrected chi connectivity index (χ1v) is 10.0. The Morgan fingerprint density at radius 3 is 2.61 bits per heavy atom. The zero-order valence-corrected chi connectivity index (χ0v) is 15.7. The van der Waals surface area contributed by atoms with Crippen LogP contribution in [0.1, 0.15) is 0 Å². The Hall–Kier alpha value is -3.33. The first-order valence-electron chi connectivity index (χ1n) is 8.13. The van der Waals surface area contributed by atoms with Crippen LogP contribution in [-0.2, 0) is 9.84 Å². The van der Waals surface area contributed by atoms with Crippen molar-refractivity contribution in [2.24, 2.45) is 0 Å². The molecule has 0 bridgehead atoms. The first kappa shape index (κ1) is 18.1. The molecule has 28 heavy (non-hydrogen) atoms. The largest absolute Gasteiger partial charge is 0.497 e. The predicted molar refractivity (Wildman–Crippen MR) is 101 cm³/mol. The van der Waals surface area contributed by atoms with Gasteiger partial charge in [0.2, 0.25) is 0 Å². The molecule has 0 fully saturated rings. The van der Waals surface area contributed by atoms with Crippen LogP contribution in [-0.4, -0.2) is 41.5 Å². The Kier molecular flexibility index (Phi) is 4.31. The topological polar surface area (TPSA) is 87.0 Å². The van der Waals surface area contributed by atoms with Gasteiger partial charge in [0.25, 0.3) is 5.95 Å². The molecule has 0 aliphatic heterocycles. The Labute approximate surface area is 160 Å². The summed E-state index contributed by atoms with van der Waals surface area (Å²) in [6.07, 6.45) is 3.98. The van der Waals surface area contributed by atoms with Crippen LogP contribution in [0, 0.1) is 11.9 Å². The molecule has 7 nitrogen and oxygen atoms in total. The van der Waals surface area contributed by atoms with Crippen molar-refractivity contribution in [2.75, 3.05) is 13.4 Å². The lowest BCUT2D eigenvalue weighted by molar-refractivity contribution is 0.414. The number of hydrogen-bond acceptors (Lipinski definition) is 6. The van der Waals surface area contributed by atoms with E-state index in [0.29, 0.717) is 27.8 Å². The SMILES string of the molecule is COc1ccc(F)c(-c2cnc(-n3nc(S(C)(=O)=O)c4cc[c]cc43)nc2)c1. The molecular formula is C19H14FN4O3S. The fraction of sp³-hybridized carbons (Fsp3) is 0.105. The number of sulfone groups is 1. The van der Waals surface area contributed by atoms with E-state index < -0.39 is 15.7 Å². The molecule has 0 unspecified atom stereocenters. The van der Waals surface area contributed by atoms with Gasteiger partial charge >= 0.3 is 0 Å². The van der Waals surface area contributed by atoms with E-state index in [1.54, 1.807) is 24.3 Å². The maximum absolute atomic E-state index is 14.2. The van der Waals surface area contributed by atoms with Crippen molar-refractivity contribution >= 4 is 20.7 Å². The molecule has 2 aromatic carbocycles. The molecule has 141 valence electrons. The Balaban J connectivity index is 1.83. The van der Waals surface area contributed by atoms with Gasteiger partial charge in [-0.1, -0.05) is 6.07 Å². The van der Waals surface area contributed by atoms with Crippen molar-refractivity contribution in [3.05, 3.63) is 60.7 Å². The number of methoxy groups -OCH3 is 1. The zero-order chi connectivity index (χ0) is 19.9. The minimum atomic E-state index is -3.55. The van der Waals surface area contributed by atoms with E-state index in [9.17, 15) is 12.8 Å². The lowest BCUT2D eigenvalue weighted by atomic mass is 10.1. The molecule has 0 aliphatic rings. The van der Waals surface area contributed by atoms with Crippen LogP contribution in [0.5, 0.6) is 5.75 Å². The summed E-state index contributed by atoms with van der Waals surface area (Å²) in [6.45, 7) is 0.